The number of para-hydroxylation sites is 1. The van der Waals surface area contributed by atoms with E-state index in [1.54, 1.807) is 4.90 Å². The van der Waals surface area contributed by atoms with Crippen LogP contribution in [0.3, 0.4) is 0 Å². The van der Waals surface area contributed by atoms with Crippen LogP contribution in [0.1, 0.15) is 6.42 Å². The van der Waals surface area contributed by atoms with Crippen LogP contribution in [0.25, 0.3) is 10.9 Å². The first kappa shape index (κ1) is 15.0. The lowest BCUT2D eigenvalue weighted by atomic mass is 10.1. The molecule has 3 heterocycles. The van der Waals surface area contributed by atoms with Gasteiger partial charge in [-0.1, -0.05) is 12.1 Å². The molecule has 0 bridgehead atoms. The second-order valence-corrected chi connectivity index (χ2v) is 6.29. The number of carbonyl (C=O) groups is 2. The van der Waals surface area contributed by atoms with Gasteiger partial charge in [0.25, 0.3) is 0 Å². The van der Waals surface area contributed by atoms with Crippen molar-refractivity contribution in [1.82, 2.24) is 15.2 Å². The van der Waals surface area contributed by atoms with Crippen LogP contribution >= 0.6 is 0 Å². The van der Waals surface area contributed by atoms with Crippen LogP contribution < -0.4 is 20.4 Å². The minimum atomic E-state index is -0.344. The van der Waals surface area contributed by atoms with E-state index in [2.05, 4.69) is 32.4 Å². The third kappa shape index (κ3) is 2.41. The number of hydrogen-bond acceptors (Lipinski definition) is 4. The molecule has 0 atom stereocenters. The number of piperazine rings is 1. The van der Waals surface area contributed by atoms with E-state index in [4.69, 9.17) is 0 Å². The number of aryl methyl sites for hydroxylation is 1. The summed E-state index contributed by atoms with van der Waals surface area (Å²) in [5.41, 5.74) is 3.07. The fourth-order valence-electron chi connectivity index (χ4n) is 3.60. The van der Waals surface area contributed by atoms with Gasteiger partial charge in [-0.3, -0.25) is 15.0 Å². The van der Waals surface area contributed by atoms with E-state index in [1.807, 2.05) is 19.2 Å². The predicted molar refractivity (Wildman–Crippen MR) is 93.5 cm³/mol. The molecule has 0 saturated carbocycles. The standard InChI is InChI=1S/C17H21N5O2/c1-20-11-14(21-9-6-18-7-10-21)12-3-2-4-13(16(12)20)22-8-5-15(23)19-17(22)24/h2-4,11,18H,5-10H2,1H3,(H,19,23,24). The van der Waals surface area contributed by atoms with Crippen molar-refractivity contribution in [3.05, 3.63) is 24.4 Å². The van der Waals surface area contributed by atoms with Crippen LogP contribution in [0.5, 0.6) is 0 Å². The minimum absolute atomic E-state index is 0.211. The molecule has 0 unspecified atom stereocenters. The average Bonchev–Trinajstić information content (AvgIpc) is 2.93. The maximum Gasteiger partial charge on any atom is 0.328 e. The Morgan fingerprint density at radius 3 is 2.58 bits per heavy atom. The van der Waals surface area contributed by atoms with Gasteiger partial charge in [-0.05, 0) is 6.07 Å². The van der Waals surface area contributed by atoms with Gasteiger partial charge >= 0.3 is 6.03 Å². The number of urea groups is 1. The lowest BCUT2D eigenvalue weighted by Crippen LogP contribution is -2.49. The summed E-state index contributed by atoms with van der Waals surface area (Å²) in [6.45, 7) is 4.32. The van der Waals surface area contributed by atoms with Gasteiger partial charge in [0.05, 0.1) is 16.9 Å². The van der Waals surface area contributed by atoms with Crippen LogP contribution in [-0.4, -0.2) is 49.2 Å². The van der Waals surface area contributed by atoms with Crippen molar-refractivity contribution < 1.29 is 9.59 Å². The van der Waals surface area contributed by atoms with Crippen molar-refractivity contribution in [2.75, 3.05) is 42.5 Å². The Bertz CT molecular complexity index is 807. The fraction of sp³-hybridized carbons (Fsp3) is 0.412. The van der Waals surface area contributed by atoms with E-state index >= 15 is 0 Å². The summed E-state index contributed by atoms with van der Waals surface area (Å²) in [5, 5.41) is 6.91. The SMILES string of the molecule is Cn1cc(N2CCNCC2)c2cccc(N3CCC(=O)NC3=O)c21. The van der Waals surface area contributed by atoms with E-state index in [0.717, 1.165) is 42.8 Å². The molecule has 0 spiro atoms. The number of imide groups is 1. The number of benzene rings is 1. The summed E-state index contributed by atoms with van der Waals surface area (Å²) in [7, 11) is 2.00. The Morgan fingerprint density at radius 1 is 1.04 bits per heavy atom. The summed E-state index contributed by atoms with van der Waals surface area (Å²) in [4.78, 5) is 27.7. The van der Waals surface area contributed by atoms with Crippen LogP contribution in [0.4, 0.5) is 16.2 Å². The molecule has 2 fully saturated rings. The predicted octanol–water partition coefficient (Wildman–Crippen LogP) is 1.03. The molecule has 2 N–H and O–H groups in total. The highest BCUT2D eigenvalue weighted by atomic mass is 16.2. The molecule has 24 heavy (non-hydrogen) atoms. The molecule has 2 saturated heterocycles. The highest BCUT2D eigenvalue weighted by molar-refractivity contribution is 6.11. The number of carbonyl (C=O) groups excluding carboxylic acids is 2. The Hall–Kier alpha value is -2.54. The molecule has 0 radical (unpaired) electrons. The molecule has 1 aromatic heterocycles. The smallest absolute Gasteiger partial charge is 0.328 e. The summed E-state index contributed by atoms with van der Waals surface area (Å²) >= 11 is 0. The number of nitrogens with zero attached hydrogens (tertiary/aromatic N) is 3. The van der Waals surface area contributed by atoms with Crippen LogP contribution in [0.15, 0.2) is 24.4 Å². The Morgan fingerprint density at radius 2 is 1.83 bits per heavy atom. The molecule has 0 aliphatic carbocycles. The quantitative estimate of drug-likeness (QED) is 0.864. The number of fused-ring (bicyclic) bond motifs is 1. The summed E-state index contributed by atoms with van der Waals surface area (Å²) < 4.78 is 2.08. The van der Waals surface area contributed by atoms with Gasteiger partial charge in [-0.15, -0.1) is 0 Å². The van der Waals surface area contributed by atoms with E-state index in [-0.39, 0.29) is 11.9 Å². The molecular formula is C17H21N5O2. The molecule has 2 aliphatic rings. The lowest BCUT2D eigenvalue weighted by molar-refractivity contribution is -0.120. The maximum absolute atomic E-state index is 12.2. The number of rotatable bonds is 2. The molecule has 7 nitrogen and oxygen atoms in total. The summed E-state index contributed by atoms with van der Waals surface area (Å²) in [6, 6.07) is 5.68. The molecular weight excluding hydrogens is 306 g/mol. The zero-order valence-electron chi connectivity index (χ0n) is 13.7. The van der Waals surface area contributed by atoms with Gasteiger partial charge in [0, 0.05) is 57.8 Å². The normalized spacial score (nSPS) is 19.0. The van der Waals surface area contributed by atoms with Crippen molar-refractivity contribution >= 4 is 34.2 Å². The number of nitrogens with one attached hydrogen (secondary N) is 2. The van der Waals surface area contributed by atoms with E-state index in [1.165, 1.54) is 5.69 Å². The van der Waals surface area contributed by atoms with Gasteiger partial charge in [0.2, 0.25) is 5.91 Å². The zero-order valence-corrected chi connectivity index (χ0v) is 13.7. The highest BCUT2D eigenvalue weighted by Crippen LogP contribution is 2.35. The lowest BCUT2D eigenvalue weighted by Gasteiger charge is -2.29. The largest absolute Gasteiger partial charge is 0.367 e. The molecule has 7 heteroatoms. The molecule has 3 amide bonds. The van der Waals surface area contributed by atoms with E-state index < -0.39 is 0 Å². The molecule has 4 rings (SSSR count). The average molecular weight is 327 g/mol. The molecule has 2 aromatic rings. The van der Waals surface area contributed by atoms with E-state index in [9.17, 15) is 9.59 Å². The van der Waals surface area contributed by atoms with Crippen molar-refractivity contribution in [3.8, 4) is 0 Å². The van der Waals surface area contributed by atoms with Crippen molar-refractivity contribution in [1.29, 1.82) is 0 Å². The number of anilines is 2. The molecule has 126 valence electrons. The number of hydrogen-bond donors (Lipinski definition) is 2. The first-order chi connectivity index (χ1) is 11.6. The van der Waals surface area contributed by atoms with Gasteiger partial charge in [-0.25, -0.2) is 4.79 Å². The number of aromatic nitrogens is 1. The van der Waals surface area contributed by atoms with Crippen molar-refractivity contribution in [3.63, 3.8) is 0 Å². The maximum atomic E-state index is 12.2. The topological polar surface area (TPSA) is 69.6 Å². The van der Waals surface area contributed by atoms with Gasteiger partial charge in [0.15, 0.2) is 0 Å². The first-order valence-electron chi connectivity index (χ1n) is 8.30. The van der Waals surface area contributed by atoms with Crippen molar-refractivity contribution in [2.24, 2.45) is 7.05 Å². The number of amides is 3. The first-order valence-corrected chi connectivity index (χ1v) is 8.30. The molecule has 2 aliphatic heterocycles. The van der Waals surface area contributed by atoms with Crippen LogP contribution in [0.2, 0.25) is 0 Å². The summed E-state index contributed by atoms with van der Waals surface area (Å²) in [5.74, 6) is -0.211. The second kappa shape index (κ2) is 5.83. The second-order valence-electron chi connectivity index (χ2n) is 6.29. The highest BCUT2D eigenvalue weighted by Gasteiger charge is 2.27. The van der Waals surface area contributed by atoms with Gasteiger partial charge in [-0.2, -0.15) is 0 Å². The summed E-state index contributed by atoms with van der Waals surface area (Å²) in [6.07, 6.45) is 2.46. The Balaban J connectivity index is 1.79. The van der Waals surface area contributed by atoms with Gasteiger partial charge in [0.1, 0.15) is 0 Å². The van der Waals surface area contributed by atoms with E-state index in [0.29, 0.717) is 13.0 Å². The third-order valence-electron chi connectivity index (χ3n) is 4.76. The molecule has 1 aromatic carbocycles. The van der Waals surface area contributed by atoms with Gasteiger partial charge < -0.3 is 14.8 Å². The monoisotopic (exact) mass is 327 g/mol. The zero-order chi connectivity index (χ0) is 16.7. The van der Waals surface area contributed by atoms with Crippen molar-refractivity contribution in [2.45, 2.75) is 6.42 Å². The third-order valence-corrected chi connectivity index (χ3v) is 4.76. The van der Waals surface area contributed by atoms with Crippen LogP contribution in [-0.2, 0) is 11.8 Å². The fourth-order valence-corrected chi connectivity index (χ4v) is 3.60. The Labute approximate surface area is 140 Å². The Kier molecular flexibility index (Phi) is 3.65. The minimum Gasteiger partial charge on any atom is -0.367 e. The van der Waals surface area contributed by atoms with Crippen LogP contribution in [0, 0.1) is 0 Å².